The van der Waals surface area contributed by atoms with E-state index in [4.69, 9.17) is 0 Å². The Morgan fingerprint density at radius 2 is 2.20 bits per heavy atom. The number of hydrogen-bond acceptors (Lipinski definition) is 3. The normalized spacial score (nSPS) is 10.3. The topological polar surface area (TPSA) is 28.2 Å². The molecule has 4 heteroatoms. The second-order valence-corrected chi connectivity index (χ2v) is 3.43. The summed E-state index contributed by atoms with van der Waals surface area (Å²) >= 11 is 0. The van der Waals surface area contributed by atoms with Crippen molar-refractivity contribution in [2.75, 3.05) is 31.6 Å². The van der Waals surface area contributed by atoms with Crippen LogP contribution in [0.2, 0.25) is 0 Å². The Labute approximate surface area is 90.3 Å². The summed E-state index contributed by atoms with van der Waals surface area (Å²) in [7, 11) is 1.92. The number of pyridine rings is 1. The minimum atomic E-state index is -0.288. The van der Waals surface area contributed by atoms with E-state index in [1.165, 1.54) is 12.3 Å². The van der Waals surface area contributed by atoms with E-state index < -0.39 is 0 Å². The van der Waals surface area contributed by atoms with Gasteiger partial charge in [-0.25, -0.2) is 9.37 Å². The molecule has 0 atom stereocenters. The standard InChI is InChI=1S/C11H18FN3/c1-3-7-15(8-6-13-2)11-5-4-10(12)9-14-11/h4-5,9,13H,3,6-8H2,1-2H3. The number of nitrogens with one attached hydrogen (secondary N) is 1. The fraction of sp³-hybridized carbons (Fsp3) is 0.545. The summed E-state index contributed by atoms with van der Waals surface area (Å²) < 4.78 is 12.7. The molecule has 1 aromatic heterocycles. The highest BCUT2D eigenvalue weighted by Crippen LogP contribution is 2.10. The van der Waals surface area contributed by atoms with E-state index in [9.17, 15) is 4.39 Å². The Hall–Kier alpha value is -1.16. The predicted octanol–water partition coefficient (Wildman–Crippen LogP) is 1.66. The highest BCUT2D eigenvalue weighted by Gasteiger charge is 2.05. The van der Waals surface area contributed by atoms with Crippen molar-refractivity contribution in [3.05, 3.63) is 24.1 Å². The van der Waals surface area contributed by atoms with E-state index in [1.807, 2.05) is 7.05 Å². The molecular weight excluding hydrogens is 193 g/mol. The zero-order valence-corrected chi connectivity index (χ0v) is 9.33. The smallest absolute Gasteiger partial charge is 0.141 e. The van der Waals surface area contributed by atoms with Gasteiger partial charge in [0.1, 0.15) is 11.6 Å². The minimum absolute atomic E-state index is 0.288. The Morgan fingerprint density at radius 3 is 2.73 bits per heavy atom. The molecule has 1 rings (SSSR count). The van der Waals surface area contributed by atoms with Gasteiger partial charge in [-0.1, -0.05) is 6.92 Å². The van der Waals surface area contributed by atoms with Crippen molar-refractivity contribution in [3.63, 3.8) is 0 Å². The van der Waals surface area contributed by atoms with Gasteiger partial charge in [0, 0.05) is 19.6 Å². The molecule has 0 aliphatic carbocycles. The molecule has 15 heavy (non-hydrogen) atoms. The zero-order chi connectivity index (χ0) is 11.1. The van der Waals surface area contributed by atoms with Gasteiger partial charge in [0.05, 0.1) is 6.20 Å². The van der Waals surface area contributed by atoms with Gasteiger partial charge < -0.3 is 10.2 Å². The summed E-state index contributed by atoms with van der Waals surface area (Å²) in [5.74, 6) is 0.553. The largest absolute Gasteiger partial charge is 0.355 e. The zero-order valence-electron chi connectivity index (χ0n) is 9.33. The second-order valence-electron chi connectivity index (χ2n) is 3.43. The van der Waals surface area contributed by atoms with Crippen LogP contribution in [0.1, 0.15) is 13.3 Å². The third kappa shape index (κ3) is 3.83. The van der Waals surface area contributed by atoms with Crippen LogP contribution in [-0.4, -0.2) is 31.7 Å². The number of anilines is 1. The van der Waals surface area contributed by atoms with Gasteiger partial charge in [0.2, 0.25) is 0 Å². The maximum absolute atomic E-state index is 12.7. The molecule has 0 saturated heterocycles. The van der Waals surface area contributed by atoms with E-state index in [1.54, 1.807) is 6.07 Å². The lowest BCUT2D eigenvalue weighted by Crippen LogP contribution is -2.32. The maximum atomic E-state index is 12.7. The Morgan fingerprint density at radius 1 is 1.40 bits per heavy atom. The average molecular weight is 211 g/mol. The molecule has 84 valence electrons. The monoisotopic (exact) mass is 211 g/mol. The van der Waals surface area contributed by atoms with Crippen molar-refractivity contribution in [3.8, 4) is 0 Å². The van der Waals surface area contributed by atoms with Gasteiger partial charge in [-0.2, -0.15) is 0 Å². The van der Waals surface area contributed by atoms with Crippen LogP contribution >= 0.6 is 0 Å². The van der Waals surface area contributed by atoms with Gasteiger partial charge in [-0.15, -0.1) is 0 Å². The summed E-state index contributed by atoms with van der Waals surface area (Å²) in [6.07, 6.45) is 2.32. The van der Waals surface area contributed by atoms with Crippen molar-refractivity contribution in [1.82, 2.24) is 10.3 Å². The van der Waals surface area contributed by atoms with Crippen LogP contribution in [0.4, 0.5) is 10.2 Å². The SMILES string of the molecule is CCCN(CCNC)c1ccc(F)cn1. The van der Waals surface area contributed by atoms with Crippen LogP contribution < -0.4 is 10.2 Å². The summed E-state index contributed by atoms with van der Waals surface area (Å²) in [5.41, 5.74) is 0. The molecule has 0 spiro atoms. The molecule has 0 unspecified atom stereocenters. The van der Waals surface area contributed by atoms with Gasteiger partial charge in [0.25, 0.3) is 0 Å². The first kappa shape index (κ1) is 11.9. The fourth-order valence-corrected chi connectivity index (χ4v) is 1.41. The number of halogens is 1. The molecule has 0 aliphatic heterocycles. The lowest BCUT2D eigenvalue weighted by Gasteiger charge is -2.22. The molecule has 0 fully saturated rings. The third-order valence-corrected chi connectivity index (χ3v) is 2.16. The van der Waals surface area contributed by atoms with E-state index in [0.717, 1.165) is 31.9 Å². The molecule has 1 aromatic rings. The van der Waals surface area contributed by atoms with Crippen molar-refractivity contribution in [2.24, 2.45) is 0 Å². The molecule has 3 nitrogen and oxygen atoms in total. The maximum Gasteiger partial charge on any atom is 0.141 e. The minimum Gasteiger partial charge on any atom is -0.355 e. The van der Waals surface area contributed by atoms with Crippen LogP contribution in [0.3, 0.4) is 0 Å². The van der Waals surface area contributed by atoms with E-state index >= 15 is 0 Å². The lowest BCUT2D eigenvalue weighted by molar-refractivity contribution is 0.619. The van der Waals surface area contributed by atoms with Crippen LogP contribution in [0, 0.1) is 5.82 Å². The first-order valence-corrected chi connectivity index (χ1v) is 5.29. The van der Waals surface area contributed by atoms with Gasteiger partial charge >= 0.3 is 0 Å². The Kier molecular flexibility index (Phi) is 5.04. The molecular formula is C11H18FN3. The highest BCUT2D eigenvalue weighted by atomic mass is 19.1. The molecule has 0 aliphatic rings. The van der Waals surface area contributed by atoms with Crippen molar-refractivity contribution in [2.45, 2.75) is 13.3 Å². The van der Waals surface area contributed by atoms with Crippen LogP contribution in [0.5, 0.6) is 0 Å². The Balaban J connectivity index is 2.65. The quantitative estimate of drug-likeness (QED) is 0.775. The molecule has 0 aromatic carbocycles. The van der Waals surface area contributed by atoms with Crippen molar-refractivity contribution < 1.29 is 4.39 Å². The average Bonchev–Trinajstić information content (AvgIpc) is 2.25. The van der Waals surface area contributed by atoms with Gasteiger partial charge in [-0.3, -0.25) is 0 Å². The first-order valence-electron chi connectivity index (χ1n) is 5.29. The van der Waals surface area contributed by atoms with E-state index in [0.29, 0.717) is 0 Å². The Bertz CT molecular complexity index is 274. The van der Waals surface area contributed by atoms with Gasteiger partial charge in [0.15, 0.2) is 0 Å². The number of likely N-dealkylation sites (N-methyl/N-ethyl adjacent to an activating group) is 1. The number of rotatable bonds is 6. The fourth-order valence-electron chi connectivity index (χ4n) is 1.41. The number of aromatic nitrogens is 1. The molecule has 0 radical (unpaired) electrons. The van der Waals surface area contributed by atoms with E-state index in [-0.39, 0.29) is 5.82 Å². The predicted molar refractivity (Wildman–Crippen MR) is 60.6 cm³/mol. The first-order chi connectivity index (χ1) is 7.27. The van der Waals surface area contributed by atoms with E-state index in [2.05, 4.69) is 22.1 Å². The summed E-state index contributed by atoms with van der Waals surface area (Å²) in [6.45, 7) is 4.86. The summed E-state index contributed by atoms with van der Waals surface area (Å²) in [6, 6.07) is 3.17. The van der Waals surface area contributed by atoms with Crippen molar-refractivity contribution >= 4 is 5.82 Å². The highest BCUT2D eigenvalue weighted by molar-refractivity contribution is 5.37. The number of hydrogen-bond donors (Lipinski definition) is 1. The van der Waals surface area contributed by atoms with Crippen LogP contribution in [-0.2, 0) is 0 Å². The molecule has 1 heterocycles. The van der Waals surface area contributed by atoms with Gasteiger partial charge in [-0.05, 0) is 25.6 Å². The molecule has 0 saturated carbocycles. The molecule has 0 amide bonds. The molecule has 0 bridgehead atoms. The second kappa shape index (κ2) is 6.35. The lowest BCUT2D eigenvalue weighted by atomic mass is 10.3. The summed E-state index contributed by atoms with van der Waals surface area (Å²) in [5, 5.41) is 3.09. The van der Waals surface area contributed by atoms with Crippen LogP contribution in [0.25, 0.3) is 0 Å². The number of nitrogens with zero attached hydrogens (tertiary/aromatic N) is 2. The van der Waals surface area contributed by atoms with Crippen LogP contribution in [0.15, 0.2) is 18.3 Å². The van der Waals surface area contributed by atoms with Crippen molar-refractivity contribution in [1.29, 1.82) is 0 Å². The molecule has 1 N–H and O–H groups in total. The third-order valence-electron chi connectivity index (χ3n) is 2.16. The summed E-state index contributed by atoms with van der Waals surface area (Å²) in [4.78, 5) is 6.22.